The first kappa shape index (κ1) is 20.4. The molecule has 0 saturated carbocycles. The van der Waals surface area contributed by atoms with Crippen molar-refractivity contribution >= 4 is 22.7 Å². The molecule has 3 aromatic rings. The van der Waals surface area contributed by atoms with Crippen LogP contribution in [-0.2, 0) is 13.5 Å². The highest BCUT2D eigenvalue weighted by molar-refractivity contribution is 5.48. The Hall–Kier alpha value is -3.35. The standard InChI is InChI=1S/C22H26N6O/c1-4-5-6-7-20-21(22(29)28(3)27-20)26-25-19-14-12-18(13-15-19)24-23-17-10-8-16(2)9-11-17/h8-15,27H,4-7H2,1-3H3. The predicted octanol–water partition coefficient (Wildman–Crippen LogP) is 6.59. The molecule has 0 aliphatic heterocycles. The van der Waals surface area contributed by atoms with E-state index >= 15 is 0 Å². The van der Waals surface area contributed by atoms with E-state index in [1.165, 1.54) is 10.2 Å². The molecule has 0 radical (unpaired) electrons. The predicted molar refractivity (Wildman–Crippen MR) is 115 cm³/mol. The summed E-state index contributed by atoms with van der Waals surface area (Å²) in [7, 11) is 1.69. The SMILES string of the molecule is CCCCCc1[nH]n(C)c(=O)c1N=Nc1ccc(N=Nc2ccc(C)cc2)cc1. The third-order valence-corrected chi connectivity index (χ3v) is 4.56. The summed E-state index contributed by atoms with van der Waals surface area (Å²) in [5, 5.41) is 20.0. The molecule has 0 saturated heterocycles. The molecular weight excluding hydrogens is 364 g/mol. The molecule has 1 N–H and O–H groups in total. The normalized spacial score (nSPS) is 11.7. The van der Waals surface area contributed by atoms with Crippen molar-refractivity contribution in [2.45, 2.75) is 39.5 Å². The minimum atomic E-state index is -0.163. The Balaban J connectivity index is 1.70. The molecule has 0 spiro atoms. The molecule has 0 aliphatic rings. The van der Waals surface area contributed by atoms with Crippen molar-refractivity contribution in [1.29, 1.82) is 0 Å². The largest absolute Gasteiger partial charge is 0.298 e. The van der Waals surface area contributed by atoms with Crippen LogP contribution in [0, 0.1) is 6.92 Å². The average Bonchev–Trinajstić information content (AvgIpc) is 3.00. The molecular formula is C22H26N6O. The summed E-state index contributed by atoms with van der Waals surface area (Å²) in [4.78, 5) is 12.3. The highest BCUT2D eigenvalue weighted by Gasteiger charge is 2.11. The Morgan fingerprint density at radius 3 is 1.90 bits per heavy atom. The van der Waals surface area contributed by atoms with Crippen LogP contribution in [0.5, 0.6) is 0 Å². The molecule has 0 bridgehead atoms. The third kappa shape index (κ3) is 5.57. The van der Waals surface area contributed by atoms with Gasteiger partial charge in [-0.15, -0.1) is 5.11 Å². The van der Waals surface area contributed by atoms with Gasteiger partial charge in [0.15, 0.2) is 5.69 Å². The van der Waals surface area contributed by atoms with Crippen molar-refractivity contribution in [2.75, 3.05) is 0 Å². The summed E-state index contributed by atoms with van der Waals surface area (Å²) in [5.41, 5.74) is 4.42. The lowest BCUT2D eigenvalue weighted by molar-refractivity contribution is 0.676. The monoisotopic (exact) mass is 390 g/mol. The second-order valence-corrected chi connectivity index (χ2v) is 7.01. The summed E-state index contributed by atoms with van der Waals surface area (Å²) >= 11 is 0. The number of unbranched alkanes of at least 4 members (excludes halogenated alkanes) is 2. The molecule has 0 atom stereocenters. The van der Waals surface area contributed by atoms with E-state index < -0.39 is 0 Å². The zero-order valence-electron chi connectivity index (χ0n) is 17.1. The maximum absolute atomic E-state index is 12.3. The van der Waals surface area contributed by atoms with E-state index in [9.17, 15) is 4.79 Å². The Bertz CT molecular complexity index is 1040. The fraction of sp³-hybridized carbons (Fsp3) is 0.318. The van der Waals surface area contributed by atoms with E-state index in [-0.39, 0.29) is 5.56 Å². The van der Waals surface area contributed by atoms with Crippen molar-refractivity contribution in [3.05, 3.63) is 70.1 Å². The minimum absolute atomic E-state index is 0.163. The molecule has 0 fully saturated rings. The van der Waals surface area contributed by atoms with E-state index in [0.717, 1.165) is 42.8 Å². The van der Waals surface area contributed by atoms with E-state index in [1.54, 1.807) is 19.2 Å². The highest BCUT2D eigenvalue weighted by atomic mass is 16.1. The summed E-state index contributed by atoms with van der Waals surface area (Å²) < 4.78 is 1.45. The lowest BCUT2D eigenvalue weighted by atomic mass is 10.1. The van der Waals surface area contributed by atoms with Crippen molar-refractivity contribution < 1.29 is 0 Å². The van der Waals surface area contributed by atoms with Crippen molar-refractivity contribution in [3.8, 4) is 0 Å². The third-order valence-electron chi connectivity index (χ3n) is 4.56. The number of aromatic nitrogens is 2. The number of benzene rings is 2. The van der Waals surface area contributed by atoms with Crippen LogP contribution in [-0.4, -0.2) is 9.78 Å². The van der Waals surface area contributed by atoms with Crippen LogP contribution in [0.25, 0.3) is 0 Å². The molecule has 2 aromatic carbocycles. The zero-order chi connectivity index (χ0) is 20.6. The molecule has 150 valence electrons. The number of rotatable bonds is 8. The van der Waals surface area contributed by atoms with Gasteiger partial charge in [0.1, 0.15) is 0 Å². The van der Waals surface area contributed by atoms with Gasteiger partial charge in [0.2, 0.25) is 0 Å². The lowest BCUT2D eigenvalue weighted by Crippen LogP contribution is -2.10. The first-order valence-corrected chi connectivity index (χ1v) is 9.85. The van der Waals surface area contributed by atoms with E-state index in [1.807, 2.05) is 43.3 Å². The fourth-order valence-corrected chi connectivity index (χ4v) is 2.84. The minimum Gasteiger partial charge on any atom is -0.298 e. The van der Waals surface area contributed by atoms with Gasteiger partial charge >= 0.3 is 0 Å². The molecule has 1 aromatic heterocycles. The van der Waals surface area contributed by atoms with Crippen LogP contribution in [0.1, 0.15) is 37.4 Å². The number of nitrogens with zero attached hydrogens (tertiary/aromatic N) is 5. The highest BCUT2D eigenvalue weighted by Crippen LogP contribution is 2.24. The molecule has 1 heterocycles. The Morgan fingerprint density at radius 1 is 0.828 bits per heavy atom. The molecule has 0 amide bonds. The number of H-pyrrole nitrogens is 1. The van der Waals surface area contributed by atoms with Crippen LogP contribution in [0.4, 0.5) is 22.7 Å². The average molecular weight is 390 g/mol. The van der Waals surface area contributed by atoms with Crippen molar-refractivity contribution in [1.82, 2.24) is 9.78 Å². The lowest BCUT2D eigenvalue weighted by Gasteiger charge is -1.98. The molecule has 7 nitrogen and oxygen atoms in total. The van der Waals surface area contributed by atoms with Crippen LogP contribution in [0.2, 0.25) is 0 Å². The smallest absolute Gasteiger partial charge is 0.294 e. The summed E-state index contributed by atoms with van der Waals surface area (Å²) in [6.07, 6.45) is 4.05. The van der Waals surface area contributed by atoms with Gasteiger partial charge in [0.05, 0.1) is 22.8 Å². The first-order valence-electron chi connectivity index (χ1n) is 9.85. The van der Waals surface area contributed by atoms with Crippen LogP contribution >= 0.6 is 0 Å². The zero-order valence-corrected chi connectivity index (χ0v) is 17.1. The number of aryl methyl sites for hydroxylation is 3. The Morgan fingerprint density at radius 2 is 1.34 bits per heavy atom. The summed E-state index contributed by atoms with van der Waals surface area (Å²) in [5.74, 6) is 0. The topological polar surface area (TPSA) is 87.2 Å². The Kier molecular flexibility index (Phi) is 6.84. The van der Waals surface area contributed by atoms with Gasteiger partial charge in [-0.2, -0.15) is 15.3 Å². The summed E-state index contributed by atoms with van der Waals surface area (Å²) in [6, 6.07) is 15.1. The van der Waals surface area contributed by atoms with Gasteiger partial charge in [-0.05, 0) is 56.2 Å². The molecule has 3 rings (SSSR count). The summed E-state index contributed by atoms with van der Waals surface area (Å²) in [6.45, 7) is 4.18. The van der Waals surface area contributed by atoms with Gasteiger partial charge in [-0.1, -0.05) is 37.5 Å². The second kappa shape index (κ2) is 9.73. The number of hydrogen-bond donors (Lipinski definition) is 1. The molecule has 7 heteroatoms. The molecule has 29 heavy (non-hydrogen) atoms. The second-order valence-electron chi connectivity index (χ2n) is 7.01. The quantitative estimate of drug-likeness (QED) is 0.341. The number of nitrogens with one attached hydrogen (secondary N) is 1. The van der Waals surface area contributed by atoms with Gasteiger partial charge in [0.25, 0.3) is 5.56 Å². The van der Waals surface area contributed by atoms with E-state index in [4.69, 9.17) is 0 Å². The maximum Gasteiger partial charge on any atom is 0.294 e. The van der Waals surface area contributed by atoms with Crippen LogP contribution in [0.15, 0.2) is 73.8 Å². The van der Waals surface area contributed by atoms with E-state index in [0.29, 0.717) is 11.4 Å². The van der Waals surface area contributed by atoms with Gasteiger partial charge in [-0.3, -0.25) is 14.6 Å². The Labute approximate surface area is 170 Å². The van der Waals surface area contributed by atoms with Gasteiger partial charge in [0, 0.05) is 7.05 Å². The fourth-order valence-electron chi connectivity index (χ4n) is 2.84. The molecule has 0 unspecified atom stereocenters. The van der Waals surface area contributed by atoms with E-state index in [2.05, 4.69) is 32.5 Å². The van der Waals surface area contributed by atoms with Gasteiger partial charge < -0.3 is 0 Å². The number of aromatic amines is 1. The first-order chi connectivity index (χ1) is 14.1. The van der Waals surface area contributed by atoms with Crippen molar-refractivity contribution in [3.63, 3.8) is 0 Å². The number of hydrogen-bond acceptors (Lipinski definition) is 5. The maximum atomic E-state index is 12.3. The van der Waals surface area contributed by atoms with Crippen molar-refractivity contribution in [2.24, 2.45) is 27.5 Å². The molecule has 0 aliphatic carbocycles. The van der Waals surface area contributed by atoms with Crippen LogP contribution in [0.3, 0.4) is 0 Å². The number of azo groups is 2. The van der Waals surface area contributed by atoms with Gasteiger partial charge in [-0.25, -0.2) is 0 Å². The van der Waals surface area contributed by atoms with Crippen LogP contribution < -0.4 is 5.56 Å².